The molecule has 1 aliphatic heterocycles. The van der Waals surface area contributed by atoms with Crippen molar-refractivity contribution in [1.29, 1.82) is 0 Å². The molecule has 2 rings (SSSR count). The molecule has 1 aliphatic rings. The fraction of sp³-hybridized carbons (Fsp3) is 0.500. The lowest BCUT2D eigenvalue weighted by molar-refractivity contribution is 0.0338. The predicted molar refractivity (Wildman–Crippen MR) is 75.6 cm³/mol. The number of hydrogen-bond acceptors (Lipinski definition) is 3. The quantitative estimate of drug-likeness (QED) is 0.796. The molecular formula is C14H17ClF2N2O2. The summed E-state index contributed by atoms with van der Waals surface area (Å²) in [6.07, 6.45) is 0. The van der Waals surface area contributed by atoms with Gasteiger partial charge >= 0.3 is 0 Å². The third-order valence-corrected chi connectivity index (χ3v) is 3.81. The first-order valence-electron chi connectivity index (χ1n) is 6.69. The molecule has 21 heavy (non-hydrogen) atoms. The number of halogens is 3. The molecular weight excluding hydrogens is 302 g/mol. The fourth-order valence-electron chi connectivity index (χ4n) is 2.11. The van der Waals surface area contributed by atoms with Crippen molar-refractivity contribution in [1.82, 2.24) is 9.80 Å². The fourth-order valence-corrected chi connectivity index (χ4v) is 2.28. The molecule has 1 aromatic rings. The van der Waals surface area contributed by atoms with Crippen molar-refractivity contribution >= 4 is 17.5 Å². The van der Waals surface area contributed by atoms with Crippen LogP contribution in [0.2, 0.25) is 5.02 Å². The summed E-state index contributed by atoms with van der Waals surface area (Å²) in [6, 6.07) is 2.11. The average molecular weight is 319 g/mol. The summed E-state index contributed by atoms with van der Waals surface area (Å²) < 4.78 is 32.2. The molecule has 4 nitrogen and oxygen atoms in total. The van der Waals surface area contributed by atoms with Gasteiger partial charge in [-0.2, -0.15) is 0 Å². The van der Waals surface area contributed by atoms with Gasteiger partial charge in [-0.05, 0) is 12.1 Å². The van der Waals surface area contributed by atoms with E-state index in [1.165, 1.54) is 4.90 Å². The van der Waals surface area contributed by atoms with Crippen LogP contribution in [0.3, 0.4) is 0 Å². The van der Waals surface area contributed by atoms with Crippen molar-refractivity contribution in [2.75, 3.05) is 46.4 Å². The zero-order valence-corrected chi connectivity index (χ0v) is 12.5. The van der Waals surface area contributed by atoms with Crippen LogP contribution in [0.25, 0.3) is 0 Å². The number of amides is 1. The Morgan fingerprint density at radius 2 is 2.05 bits per heavy atom. The zero-order valence-electron chi connectivity index (χ0n) is 11.7. The minimum atomic E-state index is -1.01. The average Bonchev–Trinajstić information content (AvgIpc) is 2.51. The van der Waals surface area contributed by atoms with E-state index in [0.717, 1.165) is 25.2 Å². The monoisotopic (exact) mass is 318 g/mol. The lowest BCUT2D eigenvalue weighted by atomic mass is 10.2. The predicted octanol–water partition coefficient (Wildman–Crippen LogP) is 2.02. The normalized spacial score (nSPS) is 16.0. The van der Waals surface area contributed by atoms with Crippen LogP contribution >= 0.6 is 11.6 Å². The molecule has 0 bridgehead atoms. The number of carbonyl (C=O) groups excluding carboxylic acids is 1. The molecule has 1 fully saturated rings. The van der Waals surface area contributed by atoms with Gasteiger partial charge in [0.05, 0.1) is 18.8 Å². The van der Waals surface area contributed by atoms with E-state index in [9.17, 15) is 13.6 Å². The Morgan fingerprint density at radius 1 is 1.38 bits per heavy atom. The summed E-state index contributed by atoms with van der Waals surface area (Å²) in [4.78, 5) is 15.7. The second-order valence-corrected chi connectivity index (χ2v) is 5.28. The highest BCUT2D eigenvalue weighted by atomic mass is 35.5. The van der Waals surface area contributed by atoms with Crippen molar-refractivity contribution in [2.24, 2.45) is 0 Å². The van der Waals surface area contributed by atoms with Gasteiger partial charge in [0.25, 0.3) is 5.91 Å². The van der Waals surface area contributed by atoms with Gasteiger partial charge < -0.3 is 9.64 Å². The molecule has 0 atom stereocenters. The highest BCUT2D eigenvalue weighted by Crippen LogP contribution is 2.22. The summed E-state index contributed by atoms with van der Waals surface area (Å²) in [5.74, 6) is -2.40. The smallest absolute Gasteiger partial charge is 0.256 e. The number of benzene rings is 1. The van der Waals surface area contributed by atoms with E-state index in [4.69, 9.17) is 16.3 Å². The summed E-state index contributed by atoms with van der Waals surface area (Å²) in [7, 11) is 1.58. The molecule has 0 radical (unpaired) electrons. The summed E-state index contributed by atoms with van der Waals surface area (Å²) in [5, 5.41) is -0.651. The van der Waals surface area contributed by atoms with E-state index in [2.05, 4.69) is 4.90 Å². The van der Waals surface area contributed by atoms with E-state index in [1.807, 2.05) is 0 Å². The molecule has 0 aromatic heterocycles. The Labute approximate surface area is 127 Å². The lowest BCUT2D eigenvalue weighted by Crippen LogP contribution is -2.42. The highest BCUT2D eigenvalue weighted by Gasteiger charge is 2.21. The number of carbonyl (C=O) groups is 1. The molecule has 1 amide bonds. The number of hydrogen-bond donors (Lipinski definition) is 0. The van der Waals surface area contributed by atoms with E-state index >= 15 is 0 Å². The third-order valence-electron chi connectivity index (χ3n) is 3.47. The van der Waals surface area contributed by atoms with Crippen LogP contribution in [0.5, 0.6) is 0 Å². The van der Waals surface area contributed by atoms with Gasteiger partial charge in [-0.3, -0.25) is 9.69 Å². The first-order valence-corrected chi connectivity index (χ1v) is 7.07. The summed E-state index contributed by atoms with van der Waals surface area (Å²) in [6.45, 7) is 4.13. The SMILES string of the molecule is CN(CCN1CCOCC1)C(=O)c1ccc(F)c(Cl)c1F. The number of rotatable bonds is 4. The maximum absolute atomic E-state index is 13.8. The molecule has 0 aliphatic carbocycles. The molecule has 0 spiro atoms. The molecule has 0 N–H and O–H groups in total. The topological polar surface area (TPSA) is 32.8 Å². The minimum absolute atomic E-state index is 0.217. The van der Waals surface area contributed by atoms with Gasteiger partial charge in [0.15, 0.2) is 5.82 Å². The van der Waals surface area contributed by atoms with Crippen LogP contribution in [-0.4, -0.2) is 62.1 Å². The standard InChI is InChI=1S/C14H17ClF2N2O2/c1-18(4-5-19-6-8-21-9-7-19)14(20)10-2-3-11(16)12(15)13(10)17/h2-3H,4-9H2,1H3. The lowest BCUT2D eigenvalue weighted by Gasteiger charge is -2.28. The Bertz CT molecular complexity index is 522. The van der Waals surface area contributed by atoms with Gasteiger partial charge in [0, 0.05) is 33.2 Å². The Balaban J connectivity index is 1.97. The van der Waals surface area contributed by atoms with Crippen LogP contribution in [0.15, 0.2) is 12.1 Å². The molecule has 1 heterocycles. The second-order valence-electron chi connectivity index (χ2n) is 4.90. The summed E-state index contributed by atoms with van der Waals surface area (Å²) in [5.41, 5.74) is -0.217. The Kier molecular flexibility index (Phi) is 5.50. The highest BCUT2D eigenvalue weighted by molar-refractivity contribution is 6.31. The van der Waals surface area contributed by atoms with Gasteiger partial charge in [0.1, 0.15) is 10.8 Å². The number of nitrogens with zero attached hydrogens (tertiary/aromatic N) is 2. The Morgan fingerprint density at radius 3 is 2.71 bits per heavy atom. The molecule has 116 valence electrons. The van der Waals surface area contributed by atoms with E-state index < -0.39 is 22.6 Å². The zero-order chi connectivity index (χ0) is 15.4. The van der Waals surface area contributed by atoms with Crippen LogP contribution in [-0.2, 0) is 4.74 Å². The molecule has 0 unspecified atom stereocenters. The number of ether oxygens (including phenoxy) is 1. The van der Waals surface area contributed by atoms with Crippen LogP contribution in [0, 0.1) is 11.6 Å². The van der Waals surface area contributed by atoms with Crippen molar-refractivity contribution in [3.05, 3.63) is 34.4 Å². The minimum Gasteiger partial charge on any atom is -0.379 e. The van der Waals surface area contributed by atoms with Gasteiger partial charge in [-0.1, -0.05) is 11.6 Å². The van der Waals surface area contributed by atoms with E-state index in [1.54, 1.807) is 7.05 Å². The first-order chi connectivity index (χ1) is 10.0. The van der Waals surface area contributed by atoms with Gasteiger partial charge in [0.2, 0.25) is 0 Å². The number of morpholine rings is 1. The Hall–Kier alpha value is -1.24. The van der Waals surface area contributed by atoms with E-state index in [0.29, 0.717) is 26.3 Å². The summed E-state index contributed by atoms with van der Waals surface area (Å²) >= 11 is 5.49. The van der Waals surface area contributed by atoms with Crippen molar-refractivity contribution < 1.29 is 18.3 Å². The second kappa shape index (κ2) is 7.15. The van der Waals surface area contributed by atoms with Crippen molar-refractivity contribution in [2.45, 2.75) is 0 Å². The first kappa shape index (κ1) is 16.1. The molecule has 0 saturated carbocycles. The van der Waals surface area contributed by atoms with Gasteiger partial charge in [-0.25, -0.2) is 8.78 Å². The largest absolute Gasteiger partial charge is 0.379 e. The maximum Gasteiger partial charge on any atom is 0.256 e. The van der Waals surface area contributed by atoms with Crippen LogP contribution in [0.4, 0.5) is 8.78 Å². The van der Waals surface area contributed by atoms with Crippen molar-refractivity contribution in [3.63, 3.8) is 0 Å². The molecule has 7 heteroatoms. The molecule has 1 aromatic carbocycles. The molecule has 1 saturated heterocycles. The van der Waals surface area contributed by atoms with Crippen LogP contribution < -0.4 is 0 Å². The maximum atomic E-state index is 13.8. The number of likely N-dealkylation sites (N-methyl/N-ethyl adjacent to an activating group) is 1. The van der Waals surface area contributed by atoms with E-state index in [-0.39, 0.29) is 5.56 Å². The third kappa shape index (κ3) is 3.90. The van der Waals surface area contributed by atoms with Crippen LogP contribution in [0.1, 0.15) is 10.4 Å². The van der Waals surface area contributed by atoms with Crippen molar-refractivity contribution in [3.8, 4) is 0 Å². The van der Waals surface area contributed by atoms with Gasteiger partial charge in [-0.15, -0.1) is 0 Å².